The molecular formula is C27H29F2N3O5S. The molecule has 3 aromatic rings. The van der Waals surface area contributed by atoms with Crippen LogP contribution in [-0.4, -0.2) is 51.4 Å². The smallest absolute Gasteiger partial charge is 0.264 e. The average molecular weight is 546 g/mol. The highest BCUT2D eigenvalue weighted by atomic mass is 32.2. The zero-order valence-corrected chi connectivity index (χ0v) is 22.0. The SMILES string of the molecule is CCOc1ccc(N(CC(=O)N(Cc2ccccc2F)[C@@H](C)C(=O)NC)S(=O)(=O)c2ccc(F)cc2)cc1. The van der Waals surface area contributed by atoms with Crippen molar-refractivity contribution in [2.45, 2.75) is 31.3 Å². The van der Waals surface area contributed by atoms with Crippen molar-refractivity contribution < 1.29 is 31.5 Å². The molecule has 0 unspecified atom stereocenters. The molecular weight excluding hydrogens is 516 g/mol. The molecule has 0 fully saturated rings. The minimum atomic E-state index is -4.35. The first kappa shape index (κ1) is 28.6. The number of ether oxygens (including phenoxy) is 1. The molecule has 0 spiro atoms. The van der Waals surface area contributed by atoms with Crippen LogP contribution in [0.5, 0.6) is 5.75 Å². The minimum absolute atomic E-state index is 0.143. The van der Waals surface area contributed by atoms with Gasteiger partial charge in [-0.3, -0.25) is 13.9 Å². The Bertz CT molecular complexity index is 1370. The number of carbonyl (C=O) groups excluding carboxylic acids is 2. The van der Waals surface area contributed by atoms with Gasteiger partial charge < -0.3 is 15.0 Å². The second-order valence-corrected chi connectivity index (χ2v) is 10.2. The molecule has 38 heavy (non-hydrogen) atoms. The lowest BCUT2D eigenvalue weighted by molar-refractivity contribution is -0.139. The molecule has 0 saturated heterocycles. The summed E-state index contributed by atoms with van der Waals surface area (Å²) in [4.78, 5) is 27.0. The molecule has 0 radical (unpaired) electrons. The summed E-state index contributed by atoms with van der Waals surface area (Å²) in [5.74, 6) is -1.96. The van der Waals surface area contributed by atoms with Crippen LogP contribution in [0.4, 0.5) is 14.5 Å². The Kier molecular flexibility index (Phi) is 9.40. The Morgan fingerprint density at radius 3 is 2.18 bits per heavy atom. The number of likely N-dealkylation sites (N-methyl/N-ethyl adjacent to an activating group) is 1. The molecule has 0 aliphatic rings. The number of carbonyl (C=O) groups is 2. The van der Waals surface area contributed by atoms with Gasteiger partial charge in [-0.1, -0.05) is 18.2 Å². The Morgan fingerprint density at radius 1 is 0.974 bits per heavy atom. The molecule has 0 aliphatic carbocycles. The van der Waals surface area contributed by atoms with Crippen molar-refractivity contribution in [1.82, 2.24) is 10.2 Å². The van der Waals surface area contributed by atoms with Gasteiger partial charge in [-0.25, -0.2) is 17.2 Å². The topological polar surface area (TPSA) is 96.0 Å². The lowest BCUT2D eigenvalue weighted by Crippen LogP contribution is -2.50. The third-order valence-electron chi connectivity index (χ3n) is 5.83. The Balaban J connectivity index is 2.04. The quantitative estimate of drug-likeness (QED) is 0.396. The summed E-state index contributed by atoms with van der Waals surface area (Å²) in [6, 6.07) is 15.0. The van der Waals surface area contributed by atoms with E-state index in [0.717, 1.165) is 33.5 Å². The summed E-state index contributed by atoms with van der Waals surface area (Å²) in [5, 5.41) is 2.46. The average Bonchev–Trinajstić information content (AvgIpc) is 2.91. The molecule has 0 saturated carbocycles. The lowest BCUT2D eigenvalue weighted by Gasteiger charge is -2.31. The van der Waals surface area contributed by atoms with Gasteiger partial charge in [0, 0.05) is 19.2 Å². The van der Waals surface area contributed by atoms with Gasteiger partial charge in [0.2, 0.25) is 11.8 Å². The predicted molar refractivity (Wildman–Crippen MR) is 139 cm³/mol. The third-order valence-corrected chi connectivity index (χ3v) is 7.62. The van der Waals surface area contributed by atoms with E-state index in [4.69, 9.17) is 4.74 Å². The number of nitrogens with zero attached hydrogens (tertiary/aromatic N) is 2. The van der Waals surface area contributed by atoms with Crippen molar-refractivity contribution in [2.75, 3.05) is 24.5 Å². The summed E-state index contributed by atoms with van der Waals surface area (Å²) in [6.45, 7) is 2.69. The zero-order chi connectivity index (χ0) is 27.9. The molecule has 1 atom stereocenters. The number of hydrogen-bond donors (Lipinski definition) is 1. The molecule has 8 nitrogen and oxygen atoms in total. The first-order valence-corrected chi connectivity index (χ1v) is 13.3. The van der Waals surface area contributed by atoms with Gasteiger partial charge in [0.15, 0.2) is 0 Å². The van der Waals surface area contributed by atoms with E-state index in [1.54, 1.807) is 25.1 Å². The number of hydrogen-bond acceptors (Lipinski definition) is 5. The van der Waals surface area contributed by atoms with E-state index in [1.807, 2.05) is 0 Å². The second kappa shape index (κ2) is 12.5. The Morgan fingerprint density at radius 2 is 1.61 bits per heavy atom. The van der Waals surface area contributed by atoms with Crippen molar-refractivity contribution in [3.8, 4) is 5.75 Å². The van der Waals surface area contributed by atoms with Crippen LogP contribution < -0.4 is 14.4 Å². The molecule has 202 valence electrons. The Hall–Kier alpha value is -3.99. The molecule has 3 aromatic carbocycles. The predicted octanol–water partition coefficient (Wildman–Crippen LogP) is 3.72. The van der Waals surface area contributed by atoms with Gasteiger partial charge in [-0.15, -0.1) is 0 Å². The van der Waals surface area contributed by atoms with E-state index < -0.39 is 46.1 Å². The van der Waals surface area contributed by atoms with E-state index in [2.05, 4.69) is 5.32 Å². The number of nitrogens with one attached hydrogen (secondary N) is 1. The maximum Gasteiger partial charge on any atom is 0.264 e. The van der Waals surface area contributed by atoms with Crippen LogP contribution in [0.1, 0.15) is 19.4 Å². The molecule has 11 heteroatoms. The van der Waals surface area contributed by atoms with E-state index in [1.165, 1.54) is 44.3 Å². The van der Waals surface area contributed by atoms with E-state index in [9.17, 15) is 26.8 Å². The molecule has 0 aliphatic heterocycles. The standard InChI is InChI=1S/C27H29F2N3O5S/c1-4-37-23-13-11-22(12-14-23)32(38(35,36)24-15-9-21(28)10-16-24)18-26(33)31(19(2)27(34)30-3)17-20-7-5-6-8-25(20)29/h5-16,19H,4,17-18H2,1-3H3,(H,30,34)/t19-/m0/s1. The van der Waals surface area contributed by atoms with Crippen LogP contribution in [0, 0.1) is 11.6 Å². The van der Waals surface area contributed by atoms with Gasteiger partial charge in [0.05, 0.1) is 17.2 Å². The van der Waals surface area contributed by atoms with Crippen LogP contribution in [0.3, 0.4) is 0 Å². The maximum absolute atomic E-state index is 14.4. The highest BCUT2D eigenvalue weighted by Gasteiger charge is 2.32. The van der Waals surface area contributed by atoms with Crippen LogP contribution in [-0.2, 0) is 26.2 Å². The maximum atomic E-state index is 14.4. The Labute approximate surface area is 220 Å². The lowest BCUT2D eigenvalue weighted by atomic mass is 10.1. The minimum Gasteiger partial charge on any atom is -0.494 e. The van der Waals surface area contributed by atoms with Crippen LogP contribution in [0.15, 0.2) is 77.7 Å². The summed E-state index contributed by atoms with van der Waals surface area (Å²) in [5.41, 5.74) is 0.301. The van der Waals surface area contributed by atoms with Gasteiger partial charge in [0.1, 0.15) is 30.0 Å². The number of amides is 2. The van der Waals surface area contributed by atoms with Gasteiger partial charge in [-0.05, 0) is 68.4 Å². The van der Waals surface area contributed by atoms with Crippen LogP contribution in [0.2, 0.25) is 0 Å². The third kappa shape index (κ3) is 6.65. The molecule has 2 amide bonds. The fourth-order valence-corrected chi connectivity index (χ4v) is 5.15. The van der Waals surface area contributed by atoms with Gasteiger partial charge in [-0.2, -0.15) is 0 Å². The van der Waals surface area contributed by atoms with Crippen LogP contribution >= 0.6 is 0 Å². The van der Waals surface area contributed by atoms with Gasteiger partial charge >= 0.3 is 0 Å². The molecule has 0 heterocycles. The molecule has 3 rings (SSSR count). The molecule has 1 N–H and O–H groups in total. The van der Waals surface area contributed by atoms with Crippen molar-refractivity contribution in [3.05, 3.63) is 90.0 Å². The first-order chi connectivity index (χ1) is 18.1. The normalized spacial score (nSPS) is 11.9. The monoisotopic (exact) mass is 545 g/mol. The fourth-order valence-electron chi connectivity index (χ4n) is 3.74. The van der Waals surface area contributed by atoms with Gasteiger partial charge in [0.25, 0.3) is 10.0 Å². The highest BCUT2D eigenvalue weighted by Crippen LogP contribution is 2.27. The molecule has 0 aromatic heterocycles. The van der Waals surface area contributed by atoms with Crippen molar-refractivity contribution in [2.24, 2.45) is 0 Å². The van der Waals surface area contributed by atoms with E-state index in [0.29, 0.717) is 12.4 Å². The number of sulfonamides is 1. The fraction of sp³-hybridized carbons (Fsp3) is 0.259. The summed E-state index contributed by atoms with van der Waals surface area (Å²) in [7, 11) is -2.95. The number of benzene rings is 3. The van der Waals surface area contributed by atoms with Crippen molar-refractivity contribution in [3.63, 3.8) is 0 Å². The highest BCUT2D eigenvalue weighted by molar-refractivity contribution is 7.92. The number of rotatable bonds is 11. The summed E-state index contributed by atoms with van der Waals surface area (Å²) < 4.78 is 61.5. The zero-order valence-electron chi connectivity index (χ0n) is 21.2. The number of halogens is 2. The van der Waals surface area contributed by atoms with Crippen molar-refractivity contribution >= 4 is 27.5 Å². The largest absolute Gasteiger partial charge is 0.494 e. The van der Waals surface area contributed by atoms with E-state index in [-0.39, 0.29) is 22.7 Å². The molecule has 0 bridgehead atoms. The van der Waals surface area contributed by atoms with Crippen LogP contribution in [0.25, 0.3) is 0 Å². The first-order valence-electron chi connectivity index (χ1n) is 11.8. The second-order valence-electron chi connectivity index (χ2n) is 8.30. The van der Waals surface area contributed by atoms with E-state index >= 15 is 0 Å². The number of anilines is 1. The van der Waals surface area contributed by atoms with Crippen molar-refractivity contribution in [1.29, 1.82) is 0 Å². The summed E-state index contributed by atoms with van der Waals surface area (Å²) in [6.07, 6.45) is 0. The summed E-state index contributed by atoms with van der Waals surface area (Å²) >= 11 is 0.